The predicted molar refractivity (Wildman–Crippen MR) is 80.4 cm³/mol. The van der Waals surface area contributed by atoms with Gasteiger partial charge in [-0.3, -0.25) is 0 Å². The number of aryl methyl sites for hydroxylation is 1. The van der Waals surface area contributed by atoms with Crippen LogP contribution in [0.25, 0.3) is 0 Å². The van der Waals surface area contributed by atoms with E-state index in [1.165, 1.54) is 18.5 Å². The molecule has 1 aromatic heterocycles. The average molecular weight is 262 g/mol. The number of hydrogen-bond donors (Lipinski definition) is 1. The summed E-state index contributed by atoms with van der Waals surface area (Å²) < 4.78 is 0. The van der Waals surface area contributed by atoms with E-state index in [1.807, 2.05) is 6.92 Å². The van der Waals surface area contributed by atoms with Crippen molar-refractivity contribution in [1.82, 2.24) is 9.88 Å². The van der Waals surface area contributed by atoms with Crippen molar-refractivity contribution in [3.05, 3.63) is 23.4 Å². The Hall–Kier alpha value is -1.13. The van der Waals surface area contributed by atoms with Gasteiger partial charge in [0.25, 0.3) is 0 Å². The Labute approximate surface area is 116 Å². The van der Waals surface area contributed by atoms with Crippen LogP contribution in [0, 0.1) is 6.92 Å². The van der Waals surface area contributed by atoms with Crippen molar-refractivity contribution in [1.29, 1.82) is 0 Å². The molecule has 1 aliphatic heterocycles. The maximum Gasteiger partial charge on any atom is 0.129 e. The first-order chi connectivity index (χ1) is 9.13. The van der Waals surface area contributed by atoms with Crippen LogP contribution in [-0.2, 0) is 6.54 Å². The lowest BCUT2D eigenvalue weighted by Crippen LogP contribution is -2.40. The molecule has 0 radical (unpaired) electrons. The molecule has 4 heteroatoms. The molecule has 4 nitrogen and oxygen atoms in total. The number of pyridine rings is 1. The van der Waals surface area contributed by atoms with Gasteiger partial charge < -0.3 is 15.5 Å². The Morgan fingerprint density at radius 3 is 2.84 bits per heavy atom. The summed E-state index contributed by atoms with van der Waals surface area (Å²) in [5.74, 6) is 1.10. The van der Waals surface area contributed by atoms with Gasteiger partial charge in [-0.15, -0.1) is 0 Å². The van der Waals surface area contributed by atoms with E-state index in [0.29, 0.717) is 12.6 Å². The number of likely N-dealkylation sites (N-methyl/N-ethyl adjacent to an activating group) is 1. The summed E-state index contributed by atoms with van der Waals surface area (Å²) >= 11 is 0. The van der Waals surface area contributed by atoms with Gasteiger partial charge in [-0.2, -0.15) is 0 Å². The van der Waals surface area contributed by atoms with E-state index >= 15 is 0 Å². The van der Waals surface area contributed by atoms with Gasteiger partial charge in [0, 0.05) is 31.4 Å². The van der Waals surface area contributed by atoms with E-state index in [-0.39, 0.29) is 0 Å². The van der Waals surface area contributed by atoms with Crippen LogP contribution >= 0.6 is 0 Å². The Morgan fingerprint density at radius 2 is 2.16 bits per heavy atom. The van der Waals surface area contributed by atoms with Crippen molar-refractivity contribution in [3.63, 3.8) is 0 Å². The molecule has 1 aliphatic rings. The summed E-state index contributed by atoms with van der Waals surface area (Å²) in [6.45, 7) is 8.26. The summed E-state index contributed by atoms with van der Waals surface area (Å²) in [6.07, 6.45) is 2.35. The van der Waals surface area contributed by atoms with Crippen LogP contribution in [-0.4, -0.2) is 42.6 Å². The van der Waals surface area contributed by atoms with Gasteiger partial charge >= 0.3 is 0 Å². The van der Waals surface area contributed by atoms with Crippen LogP contribution in [0.5, 0.6) is 0 Å². The van der Waals surface area contributed by atoms with Gasteiger partial charge in [-0.05, 0) is 51.1 Å². The molecule has 19 heavy (non-hydrogen) atoms. The van der Waals surface area contributed by atoms with E-state index in [0.717, 1.165) is 31.0 Å². The lowest BCUT2D eigenvalue weighted by molar-refractivity contribution is 0.327. The molecule has 0 bridgehead atoms. The highest BCUT2D eigenvalue weighted by molar-refractivity contribution is 5.44. The smallest absolute Gasteiger partial charge is 0.129 e. The molecule has 2 heterocycles. The zero-order valence-electron chi connectivity index (χ0n) is 12.4. The van der Waals surface area contributed by atoms with Crippen molar-refractivity contribution in [3.8, 4) is 0 Å². The summed E-state index contributed by atoms with van der Waals surface area (Å²) in [5, 5.41) is 0. The van der Waals surface area contributed by atoms with Gasteiger partial charge in [0.15, 0.2) is 0 Å². The quantitative estimate of drug-likeness (QED) is 0.902. The summed E-state index contributed by atoms with van der Waals surface area (Å²) in [6, 6.07) is 4.78. The number of nitrogens with two attached hydrogens (primary N) is 1. The number of rotatable bonds is 3. The Morgan fingerprint density at radius 1 is 1.37 bits per heavy atom. The highest BCUT2D eigenvalue weighted by Crippen LogP contribution is 2.21. The predicted octanol–water partition coefficient (Wildman–Crippen LogP) is 1.77. The molecule has 1 fully saturated rings. The lowest BCUT2D eigenvalue weighted by atomic mass is 10.1. The van der Waals surface area contributed by atoms with Crippen LogP contribution in [0.3, 0.4) is 0 Å². The van der Waals surface area contributed by atoms with Gasteiger partial charge in [0.05, 0.1) is 0 Å². The zero-order chi connectivity index (χ0) is 13.8. The Balaban J connectivity index is 2.29. The van der Waals surface area contributed by atoms with Crippen LogP contribution < -0.4 is 10.6 Å². The maximum atomic E-state index is 5.78. The van der Waals surface area contributed by atoms with E-state index in [2.05, 4.69) is 35.9 Å². The highest BCUT2D eigenvalue weighted by atomic mass is 15.3. The van der Waals surface area contributed by atoms with E-state index in [9.17, 15) is 0 Å². The summed E-state index contributed by atoms with van der Waals surface area (Å²) in [7, 11) is 2.21. The molecule has 0 aliphatic carbocycles. The fraction of sp³-hybridized carbons (Fsp3) is 0.667. The molecule has 0 saturated carbocycles. The fourth-order valence-corrected chi connectivity index (χ4v) is 2.88. The van der Waals surface area contributed by atoms with Crippen molar-refractivity contribution in [2.75, 3.05) is 31.6 Å². The van der Waals surface area contributed by atoms with Crippen LogP contribution in [0.15, 0.2) is 12.1 Å². The number of nitrogens with zero attached hydrogens (tertiary/aromatic N) is 3. The second-order valence-corrected chi connectivity index (χ2v) is 5.55. The van der Waals surface area contributed by atoms with Gasteiger partial charge in [-0.25, -0.2) is 4.98 Å². The minimum atomic E-state index is 0.549. The van der Waals surface area contributed by atoms with Crippen molar-refractivity contribution < 1.29 is 0 Å². The zero-order valence-corrected chi connectivity index (χ0v) is 12.4. The average Bonchev–Trinajstić information content (AvgIpc) is 2.59. The molecule has 1 atom stereocenters. The minimum absolute atomic E-state index is 0.549. The highest BCUT2D eigenvalue weighted by Gasteiger charge is 2.23. The molecule has 1 aromatic rings. The number of anilines is 1. The van der Waals surface area contributed by atoms with Crippen LogP contribution in [0.4, 0.5) is 5.82 Å². The summed E-state index contributed by atoms with van der Waals surface area (Å²) in [4.78, 5) is 9.61. The number of hydrogen-bond acceptors (Lipinski definition) is 4. The Kier molecular flexibility index (Phi) is 4.77. The molecule has 106 valence electrons. The molecule has 0 amide bonds. The number of aromatic nitrogens is 1. The molecule has 2 N–H and O–H groups in total. The van der Waals surface area contributed by atoms with Gasteiger partial charge in [-0.1, -0.05) is 6.92 Å². The van der Waals surface area contributed by atoms with Crippen molar-refractivity contribution in [2.24, 2.45) is 5.73 Å². The molecule has 1 saturated heterocycles. The van der Waals surface area contributed by atoms with Crippen LogP contribution in [0.2, 0.25) is 0 Å². The topological polar surface area (TPSA) is 45.4 Å². The maximum absolute atomic E-state index is 5.78. The molecule has 2 rings (SSSR count). The monoisotopic (exact) mass is 262 g/mol. The third-order valence-corrected chi connectivity index (χ3v) is 3.90. The largest absolute Gasteiger partial charge is 0.352 e. The lowest BCUT2D eigenvalue weighted by Gasteiger charge is -2.31. The minimum Gasteiger partial charge on any atom is -0.352 e. The molecular formula is C15H26N4. The van der Waals surface area contributed by atoms with Crippen LogP contribution in [0.1, 0.15) is 31.0 Å². The second kappa shape index (κ2) is 6.35. The molecule has 1 unspecified atom stereocenters. The first-order valence-electron chi connectivity index (χ1n) is 7.27. The third kappa shape index (κ3) is 3.45. The van der Waals surface area contributed by atoms with Gasteiger partial charge in [0.2, 0.25) is 0 Å². The normalized spacial score (nSPS) is 21.5. The molecule has 0 aromatic carbocycles. The van der Waals surface area contributed by atoms with Gasteiger partial charge in [0.1, 0.15) is 5.82 Å². The third-order valence-electron chi connectivity index (χ3n) is 3.90. The van der Waals surface area contributed by atoms with E-state index in [1.54, 1.807) is 0 Å². The second-order valence-electron chi connectivity index (χ2n) is 5.55. The molecular weight excluding hydrogens is 236 g/mol. The van der Waals surface area contributed by atoms with Crippen molar-refractivity contribution >= 4 is 5.82 Å². The fourth-order valence-electron chi connectivity index (χ4n) is 2.88. The first kappa shape index (κ1) is 14.3. The van der Waals surface area contributed by atoms with E-state index < -0.39 is 0 Å². The molecule has 0 spiro atoms. The SMILES string of the molecule is CCC1CN(C)CCCN1c1cc(CN)cc(C)n1. The van der Waals surface area contributed by atoms with E-state index in [4.69, 9.17) is 10.7 Å². The standard InChI is InChI=1S/C15H26N4/c1-4-14-11-18(3)6-5-7-19(14)15-9-13(10-16)8-12(2)17-15/h8-9,14H,4-7,10-11,16H2,1-3H3. The Bertz CT molecular complexity index is 419. The van der Waals surface area contributed by atoms with Crippen molar-refractivity contribution in [2.45, 2.75) is 39.3 Å². The summed E-state index contributed by atoms with van der Waals surface area (Å²) in [5.41, 5.74) is 8.02. The first-order valence-corrected chi connectivity index (χ1v) is 7.27.